The minimum Gasteiger partial charge on any atom is -0.426 e. The van der Waals surface area contributed by atoms with Gasteiger partial charge in [0.1, 0.15) is 11.7 Å². The van der Waals surface area contributed by atoms with Crippen LogP contribution in [0.5, 0.6) is 5.75 Å². The van der Waals surface area contributed by atoms with Gasteiger partial charge < -0.3 is 4.74 Å². The summed E-state index contributed by atoms with van der Waals surface area (Å²) in [7, 11) is 0. The molecule has 2 nitrogen and oxygen atoms in total. The molecule has 0 N–H and O–H groups in total. The highest BCUT2D eigenvalue weighted by atomic mass is 32.2. The number of carbonyl (C=O) groups is 1. The summed E-state index contributed by atoms with van der Waals surface area (Å²) >= 11 is 1.64. The molecule has 23 heavy (non-hydrogen) atoms. The van der Waals surface area contributed by atoms with Gasteiger partial charge in [0, 0.05) is 4.90 Å². The van der Waals surface area contributed by atoms with Gasteiger partial charge in [-0.1, -0.05) is 62.0 Å². The van der Waals surface area contributed by atoms with Gasteiger partial charge in [-0.25, -0.2) is 0 Å². The van der Waals surface area contributed by atoms with Crippen molar-refractivity contribution in [2.75, 3.05) is 0 Å². The molecule has 0 radical (unpaired) electrons. The fourth-order valence-electron chi connectivity index (χ4n) is 2.62. The average Bonchev–Trinajstić information content (AvgIpc) is 2.61. The van der Waals surface area contributed by atoms with E-state index in [2.05, 4.69) is 13.8 Å². The second-order valence-corrected chi connectivity index (χ2v) is 6.71. The molecule has 118 valence electrons. The van der Waals surface area contributed by atoms with Crippen molar-refractivity contribution in [1.29, 1.82) is 0 Å². The van der Waals surface area contributed by atoms with Crippen LogP contribution in [-0.2, 0) is 4.79 Å². The summed E-state index contributed by atoms with van der Waals surface area (Å²) in [6.07, 6.45) is 3.00. The molecular weight excluding hydrogens is 304 g/mol. The van der Waals surface area contributed by atoms with Crippen molar-refractivity contribution in [2.45, 2.75) is 37.0 Å². The number of fused-ring (bicyclic) bond motifs is 1. The highest BCUT2D eigenvalue weighted by Crippen LogP contribution is 2.36. The Bertz CT molecular complexity index is 719. The fourth-order valence-corrected chi connectivity index (χ4v) is 3.50. The number of rotatable bonds is 4. The smallest absolute Gasteiger partial charge is 0.322 e. The van der Waals surface area contributed by atoms with Crippen LogP contribution in [0, 0.1) is 0 Å². The third-order valence-corrected chi connectivity index (χ3v) is 5.17. The molecule has 1 aliphatic rings. The first-order valence-corrected chi connectivity index (χ1v) is 8.81. The molecule has 1 aliphatic heterocycles. The lowest BCUT2D eigenvalue weighted by Gasteiger charge is -2.19. The Balaban J connectivity index is 1.74. The monoisotopic (exact) mass is 324 g/mol. The maximum atomic E-state index is 12.5. The molecule has 2 aromatic rings. The number of thioether (sulfide) groups is 1. The molecule has 2 unspecified atom stereocenters. The third-order valence-electron chi connectivity index (χ3n) is 4.25. The quantitative estimate of drug-likeness (QED) is 0.548. The van der Waals surface area contributed by atoms with E-state index in [0.29, 0.717) is 11.7 Å². The van der Waals surface area contributed by atoms with E-state index in [-0.39, 0.29) is 11.9 Å². The Hall–Kier alpha value is -2.00. The minimum absolute atomic E-state index is 0.231. The van der Waals surface area contributed by atoms with Crippen molar-refractivity contribution in [2.24, 2.45) is 0 Å². The maximum Gasteiger partial charge on any atom is 0.322 e. The second-order valence-electron chi connectivity index (χ2n) is 5.76. The third kappa shape index (κ3) is 3.50. The van der Waals surface area contributed by atoms with Crippen LogP contribution in [0.3, 0.4) is 0 Å². The Morgan fingerprint density at radius 2 is 1.91 bits per heavy atom. The van der Waals surface area contributed by atoms with Crippen molar-refractivity contribution in [3.63, 3.8) is 0 Å². The lowest BCUT2D eigenvalue weighted by atomic mass is 9.98. The zero-order valence-electron chi connectivity index (χ0n) is 13.4. The van der Waals surface area contributed by atoms with Crippen LogP contribution >= 0.6 is 11.8 Å². The summed E-state index contributed by atoms with van der Waals surface area (Å²) in [6.45, 7) is 4.37. The molecule has 0 bridgehead atoms. The van der Waals surface area contributed by atoms with Gasteiger partial charge in [0.25, 0.3) is 0 Å². The zero-order valence-corrected chi connectivity index (χ0v) is 14.2. The van der Waals surface area contributed by atoms with Crippen molar-refractivity contribution < 1.29 is 9.53 Å². The molecule has 1 heterocycles. The van der Waals surface area contributed by atoms with Crippen LogP contribution < -0.4 is 4.74 Å². The minimum atomic E-state index is -0.332. The summed E-state index contributed by atoms with van der Waals surface area (Å²) in [4.78, 5) is 13.6. The molecule has 0 saturated heterocycles. The van der Waals surface area contributed by atoms with E-state index >= 15 is 0 Å². The van der Waals surface area contributed by atoms with Gasteiger partial charge in [0.2, 0.25) is 0 Å². The Kier molecular flexibility index (Phi) is 4.87. The van der Waals surface area contributed by atoms with E-state index in [1.807, 2.05) is 60.0 Å². The van der Waals surface area contributed by atoms with Gasteiger partial charge in [0.15, 0.2) is 0 Å². The SMILES string of the molecule is CCC(C)c1ccc(OC(=O)C2C=CSc3ccccc32)cc1. The van der Waals surface area contributed by atoms with Crippen molar-refractivity contribution >= 4 is 17.7 Å². The van der Waals surface area contributed by atoms with Gasteiger partial charge in [0.05, 0.1) is 0 Å². The number of carbonyl (C=O) groups excluding carboxylic acids is 1. The van der Waals surface area contributed by atoms with Crippen LogP contribution in [0.2, 0.25) is 0 Å². The summed E-state index contributed by atoms with van der Waals surface area (Å²) in [5.74, 6) is 0.558. The molecule has 3 heteroatoms. The van der Waals surface area contributed by atoms with Crippen LogP contribution in [0.15, 0.2) is 64.9 Å². The van der Waals surface area contributed by atoms with Crippen LogP contribution in [0.4, 0.5) is 0 Å². The van der Waals surface area contributed by atoms with Crippen molar-refractivity contribution in [3.05, 3.63) is 71.1 Å². The highest BCUT2D eigenvalue weighted by Gasteiger charge is 2.25. The van der Waals surface area contributed by atoms with E-state index < -0.39 is 0 Å². The molecule has 0 spiro atoms. The van der Waals surface area contributed by atoms with E-state index in [1.54, 1.807) is 11.8 Å². The number of benzene rings is 2. The maximum absolute atomic E-state index is 12.5. The zero-order chi connectivity index (χ0) is 16.2. The number of esters is 1. The molecule has 3 rings (SSSR count). The van der Waals surface area contributed by atoms with E-state index in [0.717, 1.165) is 16.9 Å². The van der Waals surface area contributed by atoms with Crippen LogP contribution in [-0.4, -0.2) is 5.97 Å². The summed E-state index contributed by atoms with van der Waals surface area (Å²) in [5.41, 5.74) is 2.29. The standard InChI is InChI=1S/C20H20O2S/c1-3-14(2)15-8-10-16(11-9-15)22-20(21)18-12-13-23-19-7-5-4-6-17(18)19/h4-14,18H,3H2,1-2H3. The fraction of sp³-hybridized carbons (Fsp3) is 0.250. The highest BCUT2D eigenvalue weighted by molar-refractivity contribution is 8.02. The van der Waals surface area contributed by atoms with Gasteiger partial charge in [-0.15, -0.1) is 0 Å². The largest absolute Gasteiger partial charge is 0.426 e. The van der Waals surface area contributed by atoms with Gasteiger partial charge >= 0.3 is 5.97 Å². The first-order valence-electron chi connectivity index (χ1n) is 7.93. The molecule has 0 fully saturated rings. The molecular formula is C20H20O2S. The molecule has 0 saturated carbocycles. The summed E-state index contributed by atoms with van der Waals surface area (Å²) in [6, 6.07) is 15.8. The Morgan fingerprint density at radius 1 is 1.17 bits per heavy atom. The van der Waals surface area contributed by atoms with Gasteiger partial charge in [-0.2, -0.15) is 0 Å². The second kappa shape index (κ2) is 7.05. The van der Waals surface area contributed by atoms with E-state index in [1.165, 1.54) is 5.56 Å². The van der Waals surface area contributed by atoms with E-state index in [9.17, 15) is 4.79 Å². The average molecular weight is 324 g/mol. The van der Waals surface area contributed by atoms with Gasteiger partial charge in [-0.3, -0.25) is 4.79 Å². The van der Waals surface area contributed by atoms with E-state index in [4.69, 9.17) is 4.74 Å². The predicted molar refractivity (Wildman–Crippen MR) is 95.0 cm³/mol. The number of hydrogen-bond donors (Lipinski definition) is 0. The lowest BCUT2D eigenvalue weighted by Crippen LogP contribution is -2.18. The van der Waals surface area contributed by atoms with Crippen molar-refractivity contribution in [3.8, 4) is 5.75 Å². The van der Waals surface area contributed by atoms with Gasteiger partial charge in [-0.05, 0) is 47.1 Å². The predicted octanol–water partition coefficient (Wildman–Crippen LogP) is 5.51. The number of ether oxygens (including phenoxy) is 1. The first-order chi connectivity index (χ1) is 11.2. The van der Waals surface area contributed by atoms with Crippen LogP contribution in [0.1, 0.15) is 43.2 Å². The number of hydrogen-bond acceptors (Lipinski definition) is 3. The lowest BCUT2D eigenvalue weighted by molar-refractivity contribution is -0.135. The molecule has 2 atom stereocenters. The Morgan fingerprint density at radius 3 is 2.65 bits per heavy atom. The summed E-state index contributed by atoms with van der Waals surface area (Å²) in [5, 5.41) is 1.96. The summed E-state index contributed by atoms with van der Waals surface area (Å²) < 4.78 is 5.58. The molecule has 0 aliphatic carbocycles. The first kappa shape index (κ1) is 15.9. The Labute approximate surface area is 141 Å². The molecule has 0 aromatic heterocycles. The van der Waals surface area contributed by atoms with Crippen molar-refractivity contribution in [1.82, 2.24) is 0 Å². The topological polar surface area (TPSA) is 26.3 Å². The normalized spacial score (nSPS) is 17.4. The molecule has 0 amide bonds. The van der Waals surface area contributed by atoms with Crippen LogP contribution in [0.25, 0.3) is 0 Å². The molecule has 2 aromatic carbocycles.